The number of hydrogen-bond donors (Lipinski definition) is 2. The third kappa shape index (κ3) is 2.50. The number of carboxylic acid groups (broad SMARTS) is 1. The lowest BCUT2D eigenvalue weighted by Gasteiger charge is -2.12. The van der Waals surface area contributed by atoms with Crippen LogP contribution in [-0.4, -0.2) is 32.4 Å². The molecule has 0 fully saturated rings. The summed E-state index contributed by atoms with van der Waals surface area (Å²) in [5.41, 5.74) is -2.96. The van der Waals surface area contributed by atoms with Gasteiger partial charge in [-0.3, -0.25) is 4.79 Å². The average molecular weight is 283 g/mol. The molecule has 0 unspecified atom stereocenters. The van der Waals surface area contributed by atoms with Gasteiger partial charge in [0.2, 0.25) is 0 Å². The van der Waals surface area contributed by atoms with Crippen molar-refractivity contribution in [3.05, 3.63) is 39.7 Å². The average Bonchev–Trinajstić information content (AvgIpc) is 2.27. The highest BCUT2D eigenvalue weighted by Gasteiger charge is 2.33. The van der Waals surface area contributed by atoms with Crippen molar-refractivity contribution in [1.82, 2.24) is 4.98 Å². The van der Waals surface area contributed by atoms with Gasteiger partial charge in [-0.25, -0.2) is 4.79 Å². The second kappa shape index (κ2) is 4.40. The van der Waals surface area contributed by atoms with Gasteiger partial charge in [0.25, 0.3) is 0 Å². The van der Waals surface area contributed by atoms with E-state index in [9.17, 15) is 22.8 Å². The summed E-state index contributed by atoms with van der Waals surface area (Å²) >= 11 is 2.08. The molecule has 2 N–H and O–H groups in total. The van der Waals surface area contributed by atoms with Crippen molar-refractivity contribution >= 4 is 37.6 Å². The molecule has 19 heavy (non-hydrogen) atoms. The van der Waals surface area contributed by atoms with Crippen LogP contribution in [0.2, 0.25) is 0 Å². The van der Waals surface area contributed by atoms with Crippen LogP contribution in [0.25, 0.3) is 10.9 Å². The largest absolute Gasteiger partial charge is 0.477 e. The predicted molar refractivity (Wildman–Crippen MR) is 61.9 cm³/mol. The first-order chi connectivity index (χ1) is 8.70. The molecule has 0 atom stereocenters. The highest BCUT2D eigenvalue weighted by Crippen LogP contribution is 2.32. The summed E-state index contributed by atoms with van der Waals surface area (Å²) in [6.45, 7) is 0. The maximum atomic E-state index is 12.9. The molecule has 0 amide bonds. The van der Waals surface area contributed by atoms with Gasteiger partial charge in [-0.2, -0.15) is 13.2 Å². The Labute approximate surface area is 112 Å². The Morgan fingerprint density at radius 2 is 1.89 bits per heavy atom. The van der Waals surface area contributed by atoms with Gasteiger partial charge < -0.3 is 10.1 Å². The minimum Gasteiger partial charge on any atom is -0.477 e. The lowest BCUT2D eigenvalue weighted by molar-refractivity contribution is -0.136. The normalized spacial score (nSPS) is 11.7. The van der Waals surface area contributed by atoms with Gasteiger partial charge in [-0.15, -0.1) is 4.43 Å². The van der Waals surface area contributed by atoms with E-state index in [2.05, 4.69) is 21.3 Å². The Morgan fingerprint density at radius 3 is 2.42 bits per heavy atom. The molecule has 2 aromatic rings. The lowest BCUT2D eigenvalue weighted by atomic mass is 10.1. The number of benzene rings is 1. The van der Waals surface area contributed by atoms with Crippen LogP contribution in [0.15, 0.2) is 23.0 Å². The molecule has 2 radical (unpaired) electrons. The molecule has 1 aromatic heterocycles. The zero-order chi connectivity index (χ0) is 14.4. The van der Waals surface area contributed by atoms with Crippen LogP contribution in [0.5, 0.6) is 0 Å². The smallest absolute Gasteiger partial charge is 0.418 e. The molecule has 1 heterocycles. The number of rotatable bonds is 1. The van der Waals surface area contributed by atoms with E-state index in [4.69, 9.17) is 5.11 Å². The zero-order valence-corrected chi connectivity index (χ0v) is 10.4. The number of H-pyrrole nitrogens is 1. The molecule has 4 nitrogen and oxygen atoms in total. The minimum atomic E-state index is -4.69. The van der Waals surface area contributed by atoms with Crippen molar-refractivity contribution in [2.45, 2.75) is 6.18 Å². The van der Waals surface area contributed by atoms with Crippen molar-refractivity contribution in [2.75, 3.05) is 0 Å². The Hall–Kier alpha value is -1.78. The van der Waals surface area contributed by atoms with Gasteiger partial charge in [-0.1, -0.05) is 12.1 Å². The van der Waals surface area contributed by atoms with E-state index in [-0.39, 0.29) is 9.81 Å². The van der Waals surface area contributed by atoms with Crippen LogP contribution < -0.4 is 9.85 Å². The number of halogens is 3. The molecule has 8 heteroatoms. The Bertz CT molecular complexity index is 736. The van der Waals surface area contributed by atoms with Crippen molar-refractivity contribution < 1.29 is 23.1 Å². The maximum absolute atomic E-state index is 12.9. The van der Waals surface area contributed by atoms with Crippen molar-refractivity contribution in [3.8, 4) is 0 Å². The summed E-state index contributed by atoms with van der Waals surface area (Å²) in [5.74, 6) is -1.50. The number of aromatic carboxylic acids is 1. The molecule has 0 aliphatic carbocycles. The summed E-state index contributed by atoms with van der Waals surface area (Å²) in [5, 5.41) is 8.56. The van der Waals surface area contributed by atoms with Crippen molar-refractivity contribution in [2.24, 2.45) is 0 Å². The number of nitrogens with one attached hydrogen (secondary N) is 1. The number of fused-ring (bicyclic) bond motifs is 1. The van der Waals surface area contributed by atoms with Gasteiger partial charge in [-0.05, 0) is 0 Å². The highest BCUT2D eigenvalue weighted by atomic mass is 27.0. The fraction of sp³-hybridized carbons (Fsp3) is 0.0909. The van der Waals surface area contributed by atoms with Gasteiger partial charge in [0, 0.05) is 11.5 Å². The van der Waals surface area contributed by atoms with Crippen LogP contribution in [0, 0.1) is 0 Å². The molecule has 0 saturated carbocycles. The second-order valence-electron chi connectivity index (χ2n) is 3.84. The SMILES string of the molecule is O=C(O)c1cc(=O)c2c[c]([Al])cc(C(F)(F)F)c2[nH]1. The number of hydrogen-bond acceptors (Lipinski definition) is 2. The molecule has 0 saturated heterocycles. The molecule has 2 rings (SSSR count). The van der Waals surface area contributed by atoms with Gasteiger partial charge in [0.1, 0.15) is 5.69 Å². The second-order valence-corrected chi connectivity index (χ2v) is 4.51. The van der Waals surface area contributed by atoms with Gasteiger partial charge >= 0.3 is 12.1 Å². The van der Waals surface area contributed by atoms with E-state index in [0.717, 1.165) is 12.1 Å². The third-order valence-electron chi connectivity index (χ3n) is 2.50. The quantitative estimate of drug-likeness (QED) is 0.768. The minimum absolute atomic E-state index is 0.188. The lowest BCUT2D eigenvalue weighted by Crippen LogP contribution is -2.18. The summed E-state index contributed by atoms with van der Waals surface area (Å²) in [6, 6.07) is 2.84. The number of aromatic nitrogens is 1. The fourth-order valence-corrected chi connectivity index (χ4v) is 2.05. The van der Waals surface area contributed by atoms with Crippen LogP contribution >= 0.6 is 0 Å². The molecule has 1 aromatic carbocycles. The van der Waals surface area contributed by atoms with Gasteiger partial charge in [0.05, 0.1) is 11.1 Å². The Morgan fingerprint density at radius 1 is 1.26 bits per heavy atom. The van der Waals surface area contributed by atoms with E-state index >= 15 is 0 Å². The number of carbonyl (C=O) groups is 1. The van der Waals surface area contributed by atoms with Crippen LogP contribution in [0.4, 0.5) is 13.2 Å². The molecule has 96 valence electrons. The number of aromatic amines is 1. The first-order valence-electron chi connectivity index (χ1n) is 4.97. The van der Waals surface area contributed by atoms with E-state index in [1.54, 1.807) is 0 Å². The molecule has 0 spiro atoms. The maximum Gasteiger partial charge on any atom is 0.418 e. The van der Waals surface area contributed by atoms with Crippen molar-refractivity contribution in [1.29, 1.82) is 0 Å². The first kappa shape index (κ1) is 13.6. The summed E-state index contributed by atoms with van der Waals surface area (Å²) in [4.78, 5) is 24.6. The Kier molecular flexibility index (Phi) is 3.16. The molecular formula is C11H5AlF3NO3. The molecule has 0 bridgehead atoms. The monoisotopic (exact) mass is 283 g/mol. The van der Waals surface area contributed by atoms with Gasteiger partial charge in [0.15, 0.2) is 21.7 Å². The zero-order valence-electron chi connectivity index (χ0n) is 9.21. The molecular weight excluding hydrogens is 278 g/mol. The van der Waals surface area contributed by atoms with E-state index < -0.39 is 34.3 Å². The van der Waals surface area contributed by atoms with Crippen LogP contribution in [-0.2, 0) is 6.18 Å². The highest BCUT2D eigenvalue weighted by molar-refractivity contribution is 6.33. The summed E-state index contributed by atoms with van der Waals surface area (Å²) < 4.78 is 38.8. The van der Waals surface area contributed by atoms with Crippen LogP contribution in [0.3, 0.4) is 0 Å². The van der Waals surface area contributed by atoms with E-state index in [1.165, 1.54) is 6.07 Å². The fourth-order valence-electron chi connectivity index (χ4n) is 1.71. The summed E-state index contributed by atoms with van der Waals surface area (Å²) in [6.07, 6.45) is -4.69. The van der Waals surface area contributed by atoms with Crippen molar-refractivity contribution in [3.63, 3.8) is 0 Å². The number of pyridine rings is 1. The molecule has 0 aliphatic heterocycles. The first-order valence-corrected chi connectivity index (χ1v) is 5.55. The predicted octanol–water partition coefficient (Wildman–Crippen LogP) is 1.04. The van der Waals surface area contributed by atoms with E-state index in [1.807, 2.05) is 0 Å². The van der Waals surface area contributed by atoms with Crippen LogP contribution in [0.1, 0.15) is 16.1 Å². The standard InChI is InChI=1S/C11H5F3NO3.Al/c12-11(13,14)6-3-1-2-5-8(16)4-7(10(17)18)15-9(5)6;/h2-4H,(H,15,16)(H,17,18);. The summed E-state index contributed by atoms with van der Waals surface area (Å²) in [7, 11) is 0. The number of carboxylic acids is 1. The Balaban J connectivity index is 2.97. The topological polar surface area (TPSA) is 70.2 Å². The van der Waals surface area contributed by atoms with E-state index in [0.29, 0.717) is 0 Å². The third-order valence-corrected chi connectivity index (χ3v) is 2.83. The molecule has 0 aliphatic rings. The number of alkyl halides is 3.